The Morgan fingerprint density at radius 2 is 1.73 bits per heavy atom. The third-order valence-corrected chi connectivity index (χ3v) is 3.35. The SMILES string of the molecule is c1ccc2cc(CCC3CC3)ccc2c1. The zero-order valence-electron chi connectivity index (χ0n) is 8.95. The molecular formula is C15H16. The molecule has 1 aliphatic carbocycles. The van der Waals surface area contributed by atoms with E-state index >= 15 is 0 Å². The number of hydrogen-bond donors (Lipinski definition) is 0. The van der Waals surface area contributed by atoms with Gasteiger partial charge in [0.2, 0.25) is 0 Å². The summed E-state index contributed by atoms with van der Waals surface area (Å²) in [6.07, 6.45) is 5.58. The number of aryl methyl sites for hydroxylation is 1. The Kier molecular flexibility index (Phi) is 2.21. The van der Waals surface area contributed by atoms with E-state index in [0.717, 1.165) is 5.92 Å². The smallest absolute Gasteiger partial charge is 0.0181 e. The summed E-state index contributed by atoms with van der Waals surface area (Å²) < 4.78 is 0. The minimum absolute atomic E-state index is 1.04. The van der Waals surface area contributed by atoms with Gasteiger partial charge in [-0.1, -0.05) is 55.3 Å². The van der Waals surface area contributed by atoms with Crippen LogP contribution in [0.25, 0.3) is 10.8 Å². The highest BCUT2D eigenvalue weighted by molar-refractivity contribution is 5.82. The minimum atomic E-state index is 1.04. The minimum Gasteiger partial charge on any atom is -0.0616 e. The largest absolute Gasteiger partial charge is 0.0616 e. The standard InChI is InChI=1S/C15H16/c1-2-4-15-11-13(8-7-12-5-6-12)9-10-14(15)3-1/h1-4,9-12H,5-8H2. The van der Waals surface area contributed by atoms with Crippen LogP contribution in [-0.4, -0.2) is 0 Å². The first-order valence-electron chi connectivity index (χ1n) is 5.89. The molecule has 0 radical (unpaired) electrons. The summed E-state index contributed by atoms with van der Waals surface area (Å²) in [4.78, 5) is 0. The Morgan fingerprint density at radius 3 is 2.53 bits per heavy atom. The van der Waals surface area contributed by atoms with E-state index in [9.17, 15) is 0 Å². The topological polar surface area (TPSA) is 0 Å². The summed E-state index contributed by atoms with van der Waals surface area (Å²) in [5, 5.41) is 2.73. The summed E-state index contributed by atoms with van der Waals surface area (Å²) in [6, 6.07) is 15.5. The third-order valence-electron chi connectivity index (χ3n) is 3.35. The van der Waals surface area contributed by atoms with Crippen molar-refractivity contribution in [3.8, 4) is 0 Å². The van der Waals surface area contributed by atoms with Crippen molar-refractivity contribution >= 4 is 10.8 Å². The highest BCUT2D eigenvalue weighted by Gasteiger charge is 2.20. The Labute approximate surface area is 90.9 Å². The average molecular weight is 196 g/mol. The van der Waals surface area contributed by atoms with Gasteiger partial charge in [0.25, 0.3) is 0 Å². The molecule has 0 spiro atoms. The van der Waals surface area contributed by atoms with Crippen molar-refractivity contribution < 1.29 is 0 Å². The van der Waals surface area contributed by atoms with Gasteiger partial charge < -0.3 is 0 Å². The molecule has 0 atom stereocenters. The first kappa shape index (κ1) is 8.96. The van der Waals surface area contributed by atoms with E-state index in [1.807, 2.05) is 0 Å². The molecule has 15 heavy (non-hydrogen) atoms. The molecule has 76 valence electrons. The predicted octanol–water partition coefficient (Wildman–Crippen LogP) is 4.18. The van der Waals surface area contributed by atoms with E-state index in [0.29, 0.717) is 0 Å². The molecule has 2 aromatic rings. The Bertz CT molecular complexity index is 466. The van der Waals surface area contributed by atoms with Gasteiger partial charge in [-0.3, -0.25) is 0 Å². The lowest BCUT2D eigenvalue weighted by molar-refractivity contribution is 0.727. The molecule has 1 saturated carbocycles. The van der Waals surface area contributed by atoms with Gasteiger partial charge in [0.05, 0.1) is 0 Å². The molecule has 0 unspecified atom stereocenters. The monoisotopic (exact) mass is 196 g/mol. The van der Waals surface area contributed by atoms with Crippen molar-refractivity contribution in [2.24, 2.45) is 5.92 Å². The molecule has 1 fully saturated rings. The van der Waals surface area contributed by atoms with E-state index in [1.165, 1.54) is 42.0 Å². The quantitative estimate of drug-likeness (QED) is 0.690. The fourth-order valence-electron chi connectivity index (χ4n) is 2.17. The second-order valence-electron chi connectivity index (χ2n) is 4.66. The average Bonchev–Trinajstić information content (AvgIpc) is 3.10. The molecule has 0 N–H and O–H groups in total. The molecule has 1 aliphatic rings. The summed E-state index contributed by atoms with van der Waals surface area (Å²) >= 11 is 0. The highest BCUT2D eigenvalue weighted by atomic mass is 14.3. The number of rotatable bonds is 3. The Balaban J connectivity index is 1.84. The van der Waals surface area contributed by atoms with Gasteiger partial charge in [-0.15, -0.1) is 0 Å². The molecule has 0 aliphatic heterocycles. The second-order valence-corrected chi connectivity index (χ2v) is 4.66. The molecule has 0 bridgehead atoms. The lowest BCUT2D eigenvalue weighted by atomic mass is 10.0. The number of benzene rings is 2. The van der Waals surface area contributed by atoms with Crippen LogP contribution in [0.3, 0.4) is 0 Å². The molecule has 0 nitrogen and oxygen atoms in total. The second kappa shape index (κ2) is 3.69. The normalized spacial score (nSPS) is 15.7. The van der Waals surface area contributed by atoms with Crippen molar-refractivity contribution in [1.82, 2.24) is 0 Å². The van der Waals surface area contributed by atoms with E-state index in [2.05, 4.69) is 42.5 Å². The van der Waals surface area contributed by atoms with Gasteiger partial charge in [0.15, 0.2) is 0 Å². The molecule has 0 heteroatoms. The lowest BCUT2D eigenvalue weighted by Gasteiger charge is -2.02. The van der Waals surface area contributed by atoms with Crippen LogP contribution >= 0.6 is 0 Å². The van der Waals surface area contributed by atoms with Crippen molar-refractivity contribution in [2.75, 3.05) is 0 Å². The van der Waals surface area contributed by atoms with E-state index in [1.54, 1.807) is 0 Å². The van der Waals surface area contributed by atoms with Gasteiger partial charge >= 0.3 is 0 Å². The highest BCUT2D eigenvalue weighted by Crippen LogP contribution is 2.33. The van der Waals surface area contributed by atoms with Gasteiger partial charge in [0, 0.05) is 0 Å². The summed E-state index contributed by atoms with van der Waals surface area (Å²) in [5.74, 6) is 1.04. The van der Waals surface area contributed by atoms with Crippen LogP contribution in [-0.2, 0) is 6.42 Å². The van der Waals surface area contributed by atoms with Gasteiger partial charge in [-0.2, -0.15) is 0 Å². The lowest BCUT2D eigenvalue weighted by Crippen LogP contribution is -1.86. The Hall–Kier alpha value is -1.30. The molecule has 0 aromatic heterocycles. The zero-order chi connectivity index (χ0) is 10.1. The fourth-order valence-corrected chi connectivity index (χ4v) is 2.17. The predicted molar refractivity (Wildman–Crippen MR) is 65.0 cm³/mol. The maximum atomic E-state index is 2.34. The fraction of sp³-hybridized carbons (Fsp3) is 0.333. The van der Waals surface area contributed by atoms with Crippen LogP contribution in [0.5, 0.6) is 0 Å². The third kappa shape index (κ3) is 2.04. The van der Waals surface area contributed by atoms with Gasteiger partial charge in [0.1, 0.15) is 0 Å². The van der Waals surface area contributed by atoms with Crippen LogP contribution < -0.4 is 0 Å². The van der Waals surface area contributed by atoms with Gasteiger partial charge in [-0.25, -0.2) is 0 Å². The van der Waals surface area contributed by atoms with E-state index in [4.69, 9.17) is 0 Å². The molecule has 0 saturated heterocycles. The van der Waals surface area contributed by atoms with Crippen LogP contribution in [0, 0.1) is 5.92 Å². The summed E-state index contributed by atoms with van der Waals surface area (Å²) in [7, 11) is 0. The molecular weight excluding hydrogens is 180 g/mol. The maximum Gasteiger partial charge on any atom is -0.0181 e. The van der Waals surface area contributed by atoms with E-state index < -0.39 is 0 Å². The van der Waals surface area contributed by atoms with Crippen molar-refractivity contribution in [3.63, 3.8) is 0 Å². The van der Waals surface area contributed by atoms with E-state index in [-0.39, 0.29) is 0 Å². The molecule has 0 heterocycles. The van der Waals surface area contributed by atoms with Crippen LogP contribution in [0.4, 0.5) is 0 Å². The summed E-state index contributed by atoms with van der Waals surface area (Å²) in [5.41, 5.74) is 1.50. The maximum absolute atomic E-state index is 2.34. The summed E-state index contributed by atoms with van der Waals surface area (Å²) in [6.45, 7) is 0. The van der Waals surface area contributed by atoms with Crippen molar-refractivity contribution in [2.45, 2.75) is 25.7 Å². The van der Waals surface area contributed by atoms with Crippen molar-refractivity contribution in [3.05, 3.63) is 48.0 Å². The van der Waals surface area contributed by atoms with Crippen molar-refractivity contribution in [1.29, 1.82) is 0 Å². The first-order chi connectivity index (χ1) is 7.42. The Morgan fingerprint density at radius 1 is 0.933 bits per heavy atom. The molecule has 0 amide bonds. The van der Waals surface area contributed by atoms with Crippen LogP contribution in [0.15, 0.2) is 42.5 Å². The van der Waals surface area contributed by atoms with Crippen LogP contribution in [0.2, 0.25) is 0 Å². The molecule has 2 aromatic carbocycles. The first-order valence-corrected chi connectivity index (χ1v) is 5.89. The molecule has 3 rings (SSSR count). The van der Waals surface area contributed by atoms with Gasteiger partial charge in [-0.05, 0) is 35.1 Å². The number of fused-ring (bicyclic) bond motifs is 1. The number of hydrogen-bond acceptors (Lipinski definition) is 0. The zero-order valence-corrected chi connectivity index (χ0v) is 8.95. The van der Waals surface area contributed by atoms with Crippen LogP contribution in [0.1, 0.15) is 24.8 Å².